The van der Waals surface area contributed by atoms with Crippen LogP contribution in [0.1, 0.15) is 46.2 Å². The lowest BCUT2D eigenvalue weighted by atomic mass is 10.1. The summed E-state index contributed by atoms with van der Waals surface area (Å²) >= 11 is 0. The van der Waals surface area contributed by atoms with Crippen molar-refractivity contribution in [2.24, 2.45) is 0 Å². The quantitative estimate of drug-likeness (QED) is 0.756. The zero-order chi connectivity index (χ0) is 22.2. The predicted octanol–water partition coefficient (Wildman–Crippen LogP) is 2.41. The van der Waals surface area contributed by atoms with Crippen molar-refractivity contribution >= 4 is 21.8 Å². The number of halogens is 1. The maximum Gasteiger partial charge on any atom is 0.269 e. The number of likely N-dealkylation sites (N-methyl/N-ethyl adjacent to an activating group) is 1. The summed E-state index contributed by atoms with van der Waals surface area (Å²) in [6.45, 7) is 3.47. The van der Waals surface area contributed by atoms with E-state index in [9.17, 15) is 22.4 Å². The summed E-state index contributed by atoms with van der Waals surface area (Å²) in [5.41, 5.74) is 1.04. The molecule has 1 N–H and O–H groups in total. The molecule has 2 aromatic rings. The highest BCUT2D eigenvalue weighted by Crippen LogP contribution is 2.32. The van der Waals surface area contributed by atoms with Gasteiger partial charge in [-0.2, -0.15) is 0 Å². The molecule has 2 amide bonds. The highest BCUT2D eigenvalue weighted by atomic mass is 32.2. The molecule has 0 fully saturated rings. The van der Waals surface area contributed by atoms with Crippen molar-refractivity contribution < 1.29 is 22.4 Å². The molecule has 0 saturated carbocycles. The van der Waals surface area contributed by atoms with Crippen LogP contribution in [0.2, 0.25) is 0 Å². The van der Waals surface area contributed by atoms with Crippen molar-refractivity contribution in [3.63, 3.8) is 0 Å². The molecule has 0 radical (unpaired) electrons. The monoisotopic (exact) mass is 433 g/mol. The average molecular weight is 434 g/mol. The van der Waals surface area contributed by atoms with Crippen LogP contribution in [0.3, 0.4) is 0 Å². The SMILES string of the molecule is CC(C)N1C(=O)c2ccc(C(=O)NCC(c3ccc(F)cc3)N(C)C)cc2S1(=O)=O. The van der Waals surface area contributed by atoms with Crippen LogP contribution in [0.25, 0.3) is 0 Å². The Morgan fingerprint density at radius 1 is 1.13 bits per heavy atom. The molecule has 0 aliphatic carbocycles. The van der Waals surface area contributed by atoms with Crippen LogP contribution >= 0.6 is 0 Å². The van der Waals surface area contributed by atoms with Gasteiger partial charge < -0.3 is 10.2 Å². The van der Waals surface area contributed by atoms with Gasteiger partial charge in [0.15, 0.2) is 0 Å². The first-order valence-corrected chi connectivity index (χ1v) is 10.9. The third-order valence-electron chi connectivity index (χ3n) is 5.01. The number of sulfonamides is 1. The van der Waals surface area contributed by atoms with Gasteiger partial charge >= 0.3 is 0 Å². The Morgan fingerprint density at radius 2 is 1.77 bits per heavy atom. The number of hydrogen-bond donors (Lipinski definition) is 1. The Hall–Kier alpha value is -2.78. The maximum atomic E-state index is 13.2. The topological polar surface area (TPSA) is 86.8 Å². The number of hydrogen-bond acceptors (Lipinski definition) is 5. The molecule has 1 unspecified atom stereocenters. The number of carbonyl (C=O) groups excluding carboxylic acids is 2. The van der Waals surface area contributed by atoms with Gasteiger partial charge in [0.1, 0.15) is 10.7 Å². The van der Waals surface area contributed by atoms with Crippen molar-refractivity contribution in [1.29, 1.82) is 0 Å². The lowest BCUT2D eigenvalue weighted by Gasteiger charge is -2.25. The number of fused-ring (bicyclic) bond motifs is 1. The molecular formula is C21H24FN3O4S. The van der Waals surface area contributed by atoms with Crippen LogP contribution in [0, 0.1) is 5.82 Å². The molecule has 9 heteroatoms. The first-order chi connectivity index (χ1) is 14.0. The average Bonchev–Trinajstić information content (AvgIpc) is 2.88. The Balaban J connectivity index is 1.81. The third-order valence-corrected chi connectivity index (χ3v) is 7.01. The van der Waals surface area contributed by atoms with E-state index in [2.05, 4.69) is 5.32 Å². The fourth-order valence-corrected chi connectivity index (χ4v) is 5.27. The van der Waals surface area contributed by atoms with E-state index in [0.717, 1.165) is 9.87 Å². The van der Waals surface area contributed by atoms with Crippen molar-refractivity contribution in [2.45, 2.75) is 30.8 Å². The van der Waals surface area contributed by atoms with Gasteiger partial charge in [0, 0.05) is 18.2 Å². The largest absolute Gasteiger partial charge is 0.350 e. The molecule has 3 rings (SSSR count). The fraction of sp³-hybridized carbons (Fsp3) is 0.333. The summed E-state index contributed by atoms with van der Waals surface area (Å²) < 4.78 is 39.5. The summed E-state index contributed by atoms with van der Waals surface area (Å²) in [7, 11) is -0.300. The van der Waals surface area contributed by atoms with Gasteiger partial charge in [-0.15, -0.1) is 0 Å². The molecule has 1 atom stereocenters. The first kappa shape index (κ1) is 21.9. The Bertz CT molecular complexity index is 1080. The van der Waals surface area contributed by atoms with E-state index in [-0.39, 0.29) is 34.4 Å². The predicted molar refractivity (Wildman–Crippen MR) is 110 cm³/mol. The van der Waals surface area contributed by atoms with Crippen LogP contribution in [0.4, 0.5) is 4.39 Å². The summed E-state index contributed by atoms with van der Waals surface area (Å²) in [6, 6.07) is 9.34. The normalized spacial score (nSPS) is 16.1. The number of nitrogens with one attached hydrogen (secondary N) is 1. The van der Waals surface area contributed by atoms with Crippen LogP contribution in [0.5, 0.6) is 0 Å². The third kappa shape index (κ3) is 3.95. The smallest absolute Gasteiger partial charge is 0.269 e. The van der Waals surface area contributed by atoms with Crippen molar-refractivity contribution in [3.8, 4) is 0 Å². The summed E-state index contributed by atoms with van der Waals surface area (Å²) in [4.78, 5) is 26.8. The maximum absolute atomic E-state index is 13.2. The van der Waals surface area contributed by atoms with E-state index in [4.69, 9.17) is 0 Å². The zero-order valence-electron chi connectivity index (χ0n) is 17.2. The van der Waals surface area contributed by atoms with E-state index in [1.807, 2.05) is 19.0 Å². The van der Waals surface area contributed by atoms with Gasteiger partial charge in [-0.1, -0.05) is 12.1 Å². The molecule has 7 nitrogen and oxygen atoms in total. The summed E-state index contributed by atoms with van der Waals surface area (Å²) in [5.74, 6) is -1.39. The minimum atomic E-state index is -3.98. The molecule has 0 saturated heterocycles. The molecule has 0 aromatic heterocycles. The van der Waals surface area contributed by atoms with Crippen LogP contribution in [-0.2, 0) is 10.0 Å². The van der Waals surface area contributed by atoms with Crippen molar-refractivity contribution in [1.82, 2.24) is 14.5 Å². The Morgan fingerprint density at radius 3 is 2.33 bits per heavy atom. The minimum absolute atomic E-state index is 0.0673. The molecule has 30 heavy (non-hydrogen) atoms. The minimum Gasteiger partial charge on any atom is -0.350 e. The van der Waals surface area contributed by atoms with Crippen LogP contribution in [0.15, 0.2) is 47.4 Å². The second-order valence-electron chi connectivity index (χ2n) is 7.65. The van der Waals surface area contributed by atoms with Gasteiger partial charge in [-0.25, -0.2) is 17.1 Å². The second kappa shape index (κ2) is 8.16. The van der Waals surface area contributed by atoms with Gasteiger partial charge in [0.2, 0.25) is 0 Å². The first-order valence-electron chi connectivity index (χ1n) is 9.47. The summed E-state index contributed by atoms with van der Waals surface area (Å²) in [6.07, 6.45) is 0. The number of amides is 2. The molecule has 0 spiro atoms. The lowest BCUT2D eigenvalue weighted by molar-refractivity contribution is 0.0845. The van der Waals surface area contributed by atoms with Crippen LogP contribution < -0.4 is 5.32 Å². The van der Waals surface area contributed by atoms with E-state index >= 15 is 0 Å². The number of carbonyl (C=O) groups is 2. The van der Waals surface area contributed by atoms with E-state index in [0.29, 0.717) is 0 Å². The lowest BCUT2D eigenvalue weighted by Crippen LogP contribution is -2.36. The fourth-order valence-electron chi connectivity index (χ4n) is 3.47. The number of nitrogens with zero attached hydrogens (tertiary/aromatic N) is 2. The standard InChI is InChI=1S/C21H24FN3O4S/c1-13(2)25-21(27)17-10-7-15(11-19(17)30(25,28)29)20(26)23-12-18(24(3)4)14-5-8-16(22)9-6-14/h5-11,13,18H,12H2,1-4H3,(H,23,26). The summed E-state index contributed by atoms with van der Waals surface area (Å²) in [5, 5.41) is 2.79. The van der Waals surface area contributed by atoms with Crippen molar-refractivity contribution in [3.05, 3.63) is 65.0 Å². The Kier molecular flexibility index (Phi) is 5.96. The van der Waals surface area contributed by atoms with Gasteiger partial charge in [-0.05, 0) is 63.8 Å². The molecular weight excluding hydrogens is 409 g/mol. The Labute approximate surface area is 175 Å². The van der Waals surface area contributed by atoms with E-state index in [1.165, 1.54) is 30.3 Å². The van der Waals surface area contributed by atoms with E-state index in [1.54, 1.807) is 26.0 Å². The van der Waals surface area contributed by atoms with Gasteiger partial charge in [0.05, 0.1) is 11.6 Å². The van der Waals surface area contributed by atoms with E-state index < -0.39 is 27.9 Å². The zero-order valence-corrected chi connectivity index (χ0v) is 18.0. The van der Waals surface area contributed by atoms with Crippen molar-refractivity contribution in [2.75, 3.05) is 20.6 Å². The molecule has 0 bridgehead atoms. The highest BCUT2D eigenvalue weighted by molar-refractivity contribution is 7.90. The van der Waals surface area contributed by atoms with Crippen LogP contribution in [-0.4, -0.2) is 56.1 Å². The number of rotatable bonds is 6. The molecule has 1 aliphatic rings. The molecule has 160 valence electrons. The second-order valence-corrected chi connectivity index (χ2v) is 9.44. The molecule has 1 heterocycles. The van der Waals surface area contributed by atoms with Gasteiger partial charge in [0.25, 0.3) is 21.8 Å². The van der Waals surface area contributed by atoms with Gasteiger partial charge in [-0.3, -0.25) is 9.59 Å². The highest BCUT2D eigenvalue weighted by Gasteiger charge is 2.42. The molecule has 2 aromatic carbocycles. The number of benzene rings is 2. The molecule has 1 aliphatic heterocycles.